The van der Waals surface area contributed by atoms with Gasteiger partial charge in [0.15, 0.2) is 0 Å². The van der Waals surface area contributed by atoms with Gasteiger partial charge in [0.2, 0.25) is 11.8 Å². The van der Waals surface area contributed by atoms with Crippen molar-refractivity contribution in [1.82, 2.24) is 9.80 Å². The first-order chi connectivity index (χ1) is 12.7. The summed E-state index contributed by atoms with van der Waals surface area (Å²) in [7, 11) is 3.32. The number of nitrogens with one attached hydrogen (secondary N) is 1. The number of carbonyl (C=O) groups is 2. The Morgan fingerprint density at radius 1 is 1.33 bits per heavy atom. The first-order valence-corrected chi connectivity index (χ1v) is 9.71. The van der Waals surface area contributed by atoms with E-state index in [9.17, 15) is 9.59 Å². The quantitative estimate of drug-likeness (QED) is 0.803. The molecule has 0 bridgehead atoms. The van der Waals surface area contributed by atoms with E-state index in [1.807, 2.05) is 11.8 Å². The zero-order valence-electron chi connectivity index (χ0n) is 16.8. The molecule has 1 aromatic rings. The first kappa shape index (κ1) is 21.5. The zero-order chi connectivity index (χ0) is 20.1. The van der Waals surface area contributed by atoms with Crippen LogP contribution in [-0.2, 0) is 9.59 Å². The zero-order valence-corrected chi connectivity index (χ0v) is 17.5. The minimum Gasteiger partial charge on any atom is -0.495 e. The molecule has 0 saturated carbocycles. The van der Waals surface area contributed by atoms with E-state index in [4.69, 9.17) is 16.3 Å². The summed E-state index contributed by atoms with van der Waals surface area (Å²) in [6.07, 6.45) is 1.15. The summed E-state index contributed by atoms with van der Waals surface area (Å²) in [5.74, 6) is 1.40. The van der Waals surface area contributed by atoms with Crippen molar-refractivity contribution in [1.29, 1.82) is 0 Å². The second-order valence-corrected chi connectivity index (χ2v) is 8.11. The predicted octanol–water partition coefficient (Wildman–Crippen LogP) is 3.11. The van der Waals surface area contributed by atoms with E-state index < -0.39 is 0 Å². The lowest BCUT2D eigenvalue weighted by molar-refractivity contribution is -0.139. The van der Waals surface area contributed by atoms with Crippen LogP contribution in [0.1, 0.15) is 27.2 Å². The Labute approximate surface area is 166 Å². The molecule has 1 fully saturated rings. The topological polar surface area (TPSA) is 61.9 Å². The number of hydrogen-bond acceptors (Lipinski definition) is 4. The van der Waals surface area contributed by atoms with Crippen LogP contribution in [-0.4, -0.2) is 61.4 Å². The van der Waals surface area contributed by atoms with Crippen LogP contribution in [0.3, 0.4) is 0 Å². The van der Waals surface area contributed by atoms with E-state index in [-0.39, 0.29) is 24.4 Å². The summed E-state index contributed by atoms with van der Waals surface area (Å²) < 4.78 is 5.24. The van der Waals surface area contributed by atoms with Gasteiger partial charge in [0.1, 0.15) is 5.75 Å². The number of likely N-dealkylation sites (tertiary alicyclic amines) is 1. The monoisotopic (exact) mass is 395 g/mol. The molecule has 7 heteroatoms. The highest BCUT2D eigenvalue weighted by atomic mass is 35.5. The number of rotatable bonds is 6. The number of nitrogens with zero attached hydrogens (tertiary/aromatic N) is 2. The van der Waals surface area contributed by atoms with Crippen molar-refractivity contribution in [2.24, 2.45) is 11.8 Å². The number of benzene rings is 1. The second-order valence-electron chi connectivity index (χ2n) is 7.67. The molecule has 1 N–H and O–H groups in total. The fourth-order valence-corrected chi connectivity index (χ4v) is 3.80. The van der Waals surface area contributed by atoms with Crippen LogP contribution in [0.5, 0.6) is 5.75 Å². The van der Waals surface area contributed by atoms with Crippen LogP contribution in [0.25, 0.3) is 0 Å². The van der Waals surface area contributed by atoms with Gasteiger partial charge in [0, 0.05) is 18.1 Å². The molecular weight excluding hydrogens is 366 g/mol. The summed E-state index contributed by atoms with van der Waals surface area (Å²) in [6, 6.07) is 4.67. The molecule has 1 aromatic carbocycles. The molecule has 0 aromatic heterocycles. The van der Waals surface area contributed by atoms with Crippen molar-refractivity contribution in [3.05, 3.63) is 23.2 Å². The molecule has 0 radical (unpaired) electrons. The number of halogens is 1. The number of amides is 2. The van der Waals surface area contributed by atoms with Crippen LogP contribution in [0.2, 0.25) is 5.02 Å². The van der Waals surface area contributed by atoms with Crippen molar-refractivity contribution in [2.75, 3.05) is 39.1 Å². The number of anilines is 1. The van der Waals surface area contributed by atoms with Gasteiger partial charge in [-0.1, -0.05) is 25.4 Å². The van der Waals surface area contributed by atoms with Crippen molar-refractivity contribution in [3.8, 4) is 5.75 Å². The fourth-order valence-electron chi connectivity index (χ4n) is 3.63. The van der Waals surface area contributed by atoms with E-state index >= 15 is 0 Å². The van der Waals surface area contributed by atoms with Gasteiger partial charge in [0.25, 0.3) is 0 Å². The number of likely N-dealkylation sites (N-methyl/N-ethyl adjacent to an activating group) is 1. The standard InChI is InChI=1S/C20H30ClN3O3/c1-13-8-14(2)11-24(10-13)20(26)15(3)23(4)12-19(25)22-17-9-16(21)6-7-18(17)27-5/h6-7,9,13-15H,8,10-12H2,1-5H3,(H,22,25)/t13-,14-,15+/m0/s1. The van der Waals surface area contributed by atoms with E-state index in [2.05, 4.69) is 19.2 Å². The SMILES string of the molecule is COc1ccc(Cl)cc1NC(=O)CN(C)[C@H](C)C(=O)N1C[C@@H](C)C[C@H](C)C1. The molecule has 1 aliphatic heterocycles. The first-order valence-electron chi connectivity index (χ1n) is 9.33. The largest absolute Gasteiger partial charge is 0.495 e. The molecule has 0 unspecified atom stereocenters. The molecule has 1 aliphatic rings. The van der Waals surface area contributed by atoms with Crippen molar-refractivity contribution >= 4 is 29.1 Å². The Morgan fingerprint density at radius 3 is 2.56 bits per heavy atom. The van der Waals surface area contributed by atoms with Gasteiger partial charge < -0.3 is 15.0 Å². The summed E-state index contributed by atoms with van der Waals surface area (Å²) in [4.78, 5) is 29.0. The average molecular weight is 396 g/mol. The minimum atomic E-state index is -0.366. The van der Waals surface area contributed by atoms with Gasteiger partial charge in [-0.25, -0.2) is 0 Å². The Kier molecular flexibility index (Phi) is 7.50. The molecular formula is C20H30ClN3O3. The van der Waals surface area contributed by atoms with Gasteiger partial charge in [-0.15, -0.1) is 0 Å². The third kappa shape index (κ3) is 5.84. The third-order valence-electron chi connectivity index (χ3n) is 5.03. The van der Waals surface area contributed by atoms with Crippen LogP contribution < -0.4 is 10.1 Å². The lowest BCUT2D eigenvalue weighted by atomic mass is 9.91. The van der Waals surface area contributed by atoms with Crippen molar-refractivity contribution in [2.45, 2.75) is 33.2 Å². The maximum absolute atomic E-state index is 12.8. The van der Waals surface area contributed by atoms with E-state index in [0.29, 0.717) is 28.3 Å². The highest BCUT2D eigenvalue weighted by Crippen LogP contribution is 2.27. The Balaban J connectivity index is 1.95. The number of methoxy groups -OCH3 is 1. The van der Waals surface area contributed by atoms with Crippen molar-refractivity contribution in [3.63, 3.8) is 0 Å². The third-order valence-corrected chi connectivity index (χ3v) is 5.26. The summed E-state index contributed by atoms with van der Waals surface area (Å²) >= 11 is 6.00. The molecule has 0 aliphatic carbocycles. The molecule has 2 rings (SSSR count). The molecule has 1 saturated heterocycles. The van der Waals surface area contributed by atoms with Gasteiger partial charge in [-0.05, 0) is 50.4 Å². The normalized spacial score (nSPS) is 21.1. The number of piperidine rings is 1. The fraction of sp³-hybridized carbons (Fsp3) is 0.600. The Hall–Kier alpha value is -1.79. The van der Waals surface area contributed by atoms with Crippen LogP contribution in [0.4, 0.5) is 5.69 Å². The minimum absolute atomic E-state index is 0.0732. The van der Waals surface area contributed by atoms with E-state index in [1.165, 1.54) is 7.11 Å². The Morgan fingerprint density at radius 2 is 1.96 bits per heavy atom. The van der Waals surface area contributed by atoms with Gasteiger partial charge >= 0.3 is 0 Å². The van der Waals surface area contributed by atoms with Gasteiger partial charge in [0.05, 0.1) is 25.4 Å². The second kappa shape index (κ2) is 9.42. The molecule has 6 nitrogen and oxygen atoms in total. The van der Waals surface area contributed by atoms with Gasteiger partial charge in [-0.3, -0.25) is 14.5 Å². The van der Waals surface area contributed by atoms with Gasteiger partial charge in [-0.2, -0.15) is 0 Å². The summed E-state index contributed by atoms with van der Waals surface area (Å²) in [5, 5.41) is 3.32. The lowest BCUT2D eigenvalue weighted by Crippen LogP contribution is -2.51. The Bertz CT molecular complexity index is 672. The molecule has 1 heterocycles. The van der Waals surface area contributed by atoms with Crippen LogP contribution in [0.15, 0.2) is 18.2 Å². The predicted molar refractivity (Wildman–Crippen MR) is 108 cm³/mol. The van der Waals surface area contributed by atoms with Crippen LogP contribution >= 0.6 is 11.6 Å². The van der Waals surface area contributed by atoms with E-state index in [0.717, 1.165) is 19.5 Å². The van der Waals surface area contributed by atoms with Crippen LogP contribution in [0, 0.1) is 11.8 Å². The molecule has 150 valence electrons. The molecule has 27 heavy (non-hydrogen) atoms. The molecule has 0 spiro atoms. The molecule has 2 amide bonds. The van der Waals surface area contributed by atoms with Crippen molar-refractivity contribution < 1.29 is 14.3 Å². The average Bonchev–Trinajstić information content (AvgIpc) is 2.59. The molecule has 3 atom stereocenters. The highest BCUT2D eigenvalue weighted by molar-refractivity contribution is 6.31. The smallest absolute Gasteiger partial charge is 0.239 e. The maximum atomic E-state index is 12.8. The number of carbonyl (C=O) groups excluding carboxylic acids is 2. The number of hydrogen-bond donors (Lipinski definition) is 1. The number of ether oxygens (including phenoxy) is 1. The maximum Gasteiger partial charge on any atom is 0.239 e. The van der Waals surface area contributed by atoms with E-state index in [1.54, 1.807) is 30.1 Å². The summed E-state index contributed by atoms with van der Waals surface area (Å²) in [6.45, 7) is 7.87. The highest BCUT2D eigenvalue weighted by Gasteiger charge is 2.30. The summed E-state index contributed by atoms with van der Waals surface area (Å²) in [5.41, 5.74) is 0.515. The lowest BCUT2D eigenvalue weighted by Gasteiger charge is -2.38.